The number of carbonyl (C=O) groups is 2. The molecule has 4 heterocycles. The monoisotopic (exact) mass is 397 g/mol. The number of urea groups is 1. The summed E-state index contributed by atoms with van der Waals surface area (Å²) in [6, 6.07) is 9.00. The van der Waals surface area contributed by atoms with Gasteiger partial charge in [-0.3, -0.25) is 9.69 Å². The van der Waals surface area contributed by atoms with Crippen molar-refractivity contribution in [2.45, 2.75) is 18.5 Å². The number of rotatable bonds is 3. The molecular weight excluding hydrogens is 382 g/mol. The zero-order valence-corrected chi connectivity index (χ0v) is 15.8. The van der Waals surface area contributed by atoms with Gasteiger partial charge in [0, 0.05) is 28.3 Å². The van der Waals surface area contributed by atoms with Crippen LogP contribution in [0.25, 0.3) is 10.6 Å². The molecule has 136 valence electrons. The van der Waals surface area contributed by atoms with Gasteiger partial charge >= 0.3 is 6.03 Å². The lowest BCUT2D eigenvalue weighted by Crippen LogP contribution is -2.47. The number of nitrogens with one attached hydrogen (secondary N) is 1. The number of hydrogen-bond donors (Lipinski definition) is 1. The molecule has 1 saturated heterocycles. The van der Waals surface area contributed by atoms with E-state index in [-0.39, 0.29) is 18.5 Å². The fraction of sp³-hybridized carbons (Fsp3) is 0.211. The predicted octanol–water partition coefficient (Wildman–Crippen LogP) is 3.60. The number of thiazole rings is 1. The Kier molecular flexibility index (Phi) is 3.76. The minimum absolute atomic E-state index is 0.163. The summed E-state index contributed by atoms with van der Waals surface area (Å²) in [7, 11) is 0. The van der Waals surface area contributed by atoms with Crippen molar-refractivity contribution in [3.8, 4) is 16.3 Å². The first-order chi connectivity index (χ1) is 13.2. The van der Waals surface area contributed by atoms with Crippen LogP contribution in [0.15, 0.2) is 46.5 Å². The van der Waals surface area contributed by atoms with Gasteiger partial charge in [-0.15, -0.1) is 11.3 Å². The smallest absolute Gasteiger partial charge is 0.325 e. The first-order valence-electron chi connectivity index (χ1n) is 8.51. The van der Waals surface area contributed by atoms with Gasteiger partial charge in [-0.2, -0.15) is 11.3 Å². The molecule has 8 heteroatoms. The minimum atomic E-state index is -1.04. The maximum atomic E-state index is 13.3. The number of ether oxygens (including phenoxy) is 1. The van der Waals surface area contributed by atoms with Crippen molar-refractivity contribution < 1.29 is 14.3 Å². The summed E-state index contributed by atoms with van der Waals surface area (Å²) in [6.07, 6.45) is 0.419. The molecule has 1 N–H and O–H groups in total. The van der Waals surface area contributed by atoms with Crippen LogP contribution in [0, 0.1) is 0 Å². The number of carbonyl (C=O) groups excluding carboxylic acids is 2. The van der Waals surface area contributed by atoms with E-state index in [4.69, 9.17) is 4.74 Å². The molecular formula is C19H15N3O3S2. The predicted molar refractivity (Wildman–Crippen MR) is 103 cm³/mol. The third kappa shape index (κ3) is 2.55. The summed E-state index contributed by atoms with van der Waals surface area (Å²) in [6.45, 7) is 0.548. The quantitative estimate of drug-likeness (QED) is 0.686. The van der Waals surface area contributed by atoms with Crippen molar-refractivity contribution in [3.05, 3.63) is 57.7 Å². The maximum absolute atomic E-state index is 13.3. The number of para-hydroxylation sites is 1. The van der Waals surface area contributed by atoms with Gasteiger partial charge < -0.3 is 10.1 Å². The van der Waals surface area contributed by atoms with Gasteiger partial charge in [-0.05, 0) is 17.5 Å². The first kappa shape index (κ1) is 16.5. The molecule has 2 aliphatic heterocycles. The Morgan fingerprint density at radius 1 is 1.22 bits per heavy atom. The molecule has 0 radical (unpaired) electrons. The number of fused-ring (bicyclic) bond motifs is 2. The SMILES string of the molecule is O=C1NC2(CCOc3ccccc32)C(=O)N1Cc1csc(-c2ccsc2)n1. The molecule has 0 bridgehead atoms. The highest BCUT2D eigenvalue weighted by molar-refractivity contribution is 7.14. The van der Waals surface area contributed by atoms with Crippen molar-refractivity contribution >= 4 is 34.6 Å². The molecule has 1 fully saturated rings. The molecule has 5 rings (SSSR count). The van der Waals surface area contributed by atoms with Crippen LogP contribution < -0.4 is 10.1 Å². The second-order valence-electron chi connectivity index (χ2n) is 6.48. The molecule has 3 aromatic rings. The first-order valence-corrected chi connectivity index (χ1v) is 10.3. The van der Waals surface area contributed by atoms with E-state index in [1.807, 2.05) is 46.5 Å². The third-order valence-corrected chi connectivity index (χ3v) is 6.52. The summed E-state index contributed by atoms with van der Waals surface area (Å²) < 4.78 is 5.66. The van der Waals surface area contributed by atoms with Crippen LogP contribution in [0.2, 0.25) is 0 Å². The van der Waals surface area contributed by atoms with Crippen LogP contribution >= 0.6 is 22.7 Å². The Bertz CT molecular complexity index is 1030. The summed E-state index contributed by atoms with van der Waals surface area (Å²) in [5.41, 5.74) is 1.44. The molecule has 1 unspecified atom stereocenters. The second kappa shape index (κ2) is 6.17. The fourth-order valence-electron chi connectivity index (χ4n) is 3.58. The van der Waals surface area contributed by atoms with Gasteiger partial charge in [0.05, 0.1) is 18.8 Å². The lowest BCUT2D eigenvalue weighted by molar-refractivity contribution is -0.133. The number of imide groups is 1. The van der Waals surface area contributed by atoms with E-state index in [1.54, 1.807) is 11.3 Å². The van der Waals surface area contributed by atoms with Crippen LogP contribution in [0.5, 0.6) is 5.75 Å². The molecule has 6 nitrogen and oxygen atoms in total. The largest absolute Gasteiger partial charge is 0.493 e. The lowest BCUT2D eigenvalue weighted by Gasteiger charge is -2.33. The standard InChI is InChI=1S/C19H15N3O3S2/c23-17-19(6-7-25-15-4-2-1-3-14(15)19)21-18(24)22(17)9-13-11-27-16(20-13)12-5-8-26-10-12/h1-5,8,10-11H,6-7,9H2,(H,21,24). The average Bonchev–Trinajstić information content (AvgIpc) is 3.40. The Labute approximate surface area is 163 Å². The molecule has 2 aliphatic rings. The van der Waals surface area contributed by atoms with Gasteiger partial charge in [0.15, 0.2) is 5.54 Å². The van der Waals surface area contributed by atoms with E-state index in [2.05, 4.69) is 10.3 Å². The molecule has 0 aliphatic carbocycles. The number of aromatic nitrogens is 1. The highest BCUT2D eigenvalue weighted by Crippen LogP contribution is 2.41. The van der Waals surface area contributed by atoms with Gasteiger partial charge in [-0.25, -0.2) is 9.78 Å². The van der Waals surface area contributed by atoms with Crippen molar-refractivity contribution in [1.82, 2.24) is 15.2 Å². The molecule has 0 saturated carbocycles. The number of hydrogen-bond acceptors (Lipinski definition) is 6. The Morgan fingerprint density at radius 2 is 2.11 bits per heavy atom. The fourth-order valence-corrected chi connectivity index (χ4v) is 5.10. The zero-order chi connectivity index (χ0) is 18.4. The summed E-state index contributed by atoms with van der Waals surface area (Å²) in [5.74, 6) is 0.404. The Morgan fingerprint density at radius 3 is 2.96 bits per heavy atom. The molecule has 1 atom stereocenters. The Balaban J connectivity index is 1.44. The highest BCUT2D eigenvalue weighted by atomic mass is 32.1. The van der Waals surface area contributed by atoms with Crippen LogP contribution in [0.4, 0.5) is 4.79 Å². The third-order valence-electron chi connectivity index (χ3n) is 4.90. The van der Waals surface area contributed by atoms with E-state index in [0.29, 0.717) is 30.0 Å². The topological polar surface area (TPSA) is 71.5 Å². The molecule has 1 spiro atoms. The van der Waals surface area contributed by atoms with Crippen molar-refractivity contribution in [2.75, 3.05) is 6.61 Å². The van der Waals surface area contributed by atoms with Gasteiger partial charge in [0.25, 0.3) is 5.91 Å². The number of nitrogens with zero attached hydrogens (tertiary/aromatic N) is 2. The number of thiophene rings is 1. The van der Waals surface area contributed by atoms with E-state index in [1.165, 1.54) is 16.2 Å². The van der Waals surface area contributed by atoms with Crippen molar-refractivity contribution in [3.63, 3.8) is 0 Å². The maximum Gasteiger partial charge on any atom is 0.325 e. The number of benzene rings is 1. The molecule has 2 aromatic heterocycles. The van der Waals surface area contributed by atoms with E-state index in [9.17, 15) is 9.59 Å². The molecule has 3 amide bonds. The van der Waals surface area contributed by atoms with E-state index < -0.39 is 5.54 Å². The minimum Gasteiger partial charge on any atom is -0.493 e. The molecule has 27 heavy (non-hydrogen) atoms. The normalized spacial score (nSPS) is 21.3. The zero-order valence-electron chi connectivity index (χ0n) is 14.2. The number of amides is 3. The van der Waals surface area contributed by atoms with Gasteiger partial charge in [-0.1, -0.05) is 18.2 Å². The highest BCUT2D eigenvalue weighted by Gasteiger charge is 2.54. The van der Waals surface area contributed by atoms with Crippen LogP contribution in [-0.4, -0.2) is 28.4 Å². The van der Waals surface area contributed by atoms with Gasteiger partial charge in [0.2, 0.25) is 0 Å². The summed E-state index contributed by atoms with van der Waals surface area (Å²) in [5, 5.41) is 9.74. The van der Waals surface area contributed by atoms with Crippen molar-refractivity contribution in [1.29, 1.82) is 0 Å². The summed E-state index contributed by atoms with van der Waals surface area (Å²) in [4.78, 5) is 31.7. The van der Waals surface area contributed by atoms with Crippen LogP contribution in [0.1, 0.15) is 17.7 Å². The Hall–Kier alpha value is -2.71. The lowest BCUT2D eigenvalue weighted by atomic mass is 9.84. The summed E-state index contributed by atoms with van der Waals surface area (Å²) >= 11 is 3.13. The van der Waals surface area contributed by atoms with E-state index >= 15 is 0 Å². The van der Waals surface area contributed by atoms with Gasteiger partial charge in [0.1, 0.15) is 10.8 Å². The average molecular weight is 397 g/mol. The van der Waals surface area contributed by atoms with E-state index in [0.717, 1.165) is 10.6 Å². The molecule has 1 aromatic carbocycles. The van der Waals surface area contributed by atoms with Crippen molar-refractivity contribution in [2.24, 2.45) is 0 Å². The van der Waals surface area contributed by atoms with Crippen LogP contribution in [-0.2, 0) is 16.9 Å². The second-order valence-corrected chi connectivity index (χ2v) is 8.12. The van der Waals surface area contributed by atoms with Crippen LogP contribution in [0.3, 0.4) is 0 Å².